The number of amides is 2. The summed E-state index contributed by atoms with van der Waals surface area (Å²) in [4.78, 5) is 28.3. The van der Waals surface area contributed by atoms with E-state index in [1.165, 1.54) is 11.0 Å². The Morgan fingerprint density at radius 2 is 1.95 bits per heavy atom. The first-order valence-corrected chi connectivity index (χ1v) is 5.97. The topological polar surface area (TPSA) is 71.5 Å². The Morgan fingerprint density at radius 1 is 1.35 bits per heavy atom. The molecule has 0 saturated heterocycles. The van der Waals surface area contributed by atoms with E-state index in [0.717, 1.165) is 6.20 Å². The van der Waals surface area contributed by atoms with Crippen LogP contribution in [0.2, 0.25) is 0 Å². The molecule has 110 valence electrons. The molecule has 1 aromatic heterocycles. The molecule has 0 radical (unpaired) electrons. The van der Waals surface area contributed by atoms with Gasteiger partial charge >= 0.3 is 6.09 Å². The number of hydrogen-bond acceptors (Lipinski definition) is 4. The smallest absolute Gasteiger partial charge is 0.412 e. The fourth-order valence-corrected chi connectivity index (χ4v) is 1.29. The Labute approximate surface area is 116 Å². The summed E-state index contributed by atoms with van der Waals surface area (Å²) in [6, 6.07) is 1.17. The zero-order chi connectivity index (χ0) is 15.5. The van der Waals surface area contributed by atoms with Crippen molar-refractivity contribution in [3.63, 3.8) is 0 Å². The number of rotatable bonds is 2. The molecule has 0 saturated carbocycles. The monoisotopic (exact) mass is 283 g/mol. The summed E-state index contributed by atoms with van der Waals surface area (Å²) in [6.45, 7) is 5.07. The fourth-order valence-electron chi connectivity index (χ4n) is 1.29. The number of aromatic nitrogens is 1. The predicted molar refractivity (Wildman–Crippen MR) is 72.1 cm³/mol. The number of pyridine rings is 1. The van der Waals surface area contributed by atoms with E-state index < -0.39 is 23.4 Å². The first-order valence-electron chi connectivity index (χ1n) is 5.97. The van der Waals surface area contributed by atoms with Gasteiger partial charge in [-0.1, -0.05) is 0 Å². The third-order valence-electron chi connectivity index (χ3n) is 2.12. The largest absolute Gasteiger partial charge is 0.444 e. The third kappa shape index (κ3) is 4.49. The van der Waals surface area contributed by atoms with Crippen molar-refractivity contribution >= 4 is 17.7 Å². The number of hydrogen-bond donors (Lipinski definition) is 1. The van der Waals surface area contributed by atoms with Gasteiger partial charge in [-0.05, 0) is 26.8 Å². The van der Waals surface area contributed by atoms with Crippen molar-refractivity contribution in [2.24, 2.45) is 0 Å². The van der Waals surface area contributed by atoms with Crippen molar-refractivity contribution in [2.75, 3.05) is 19.4 Å². The summed E-state index contributed by atoms with van der Waals surface area (Å²) in [5.74, 6) is -1.14. The molecule has 0 bridgehead atoms. The van der Waals surface area contributed by atoms with Crippen LogP contribution >= 0.6 is 0 Å². The number of ether oxygens (including phenoxy) is 1. The molecule has 1 N–H and O–H groups in total. The van der Waals surface area contributed by atoms with E-state index in [1.54, 1.807) is 34.9 Å². The molecule has 0 aromatic carbocycles. The molecule has 0 aliphatic carbocycles. The molecule has 0 aliphatic heterocycles. The zero-order valence-electron chi connectivity index (χ0n) is 12.2. The van der Waals surface area contributed by atoms with Crippen LogP contribution in [0.5, 0.6) is 0 Å². The molecule has 0 spiro atoms. The fraction of sp³-hybridized carbons (Fsp3) is 0.462. The van der Waals surface area contributed by atoms with Crippen molar-refractivity contribution in [1.29, 1.82) is 0 Å². The summed E-state index contributed by atoms with van der Waals surface area (Å²) in [5, 5.41) is 2.25. The second-order valence-corrected chi connectivity index (χ2v) is 5.38. The van der Waals surface area contributed by atoms with Gasteiger partial charge in [0, 0.05) is 14.1 Å². The maximum Gasteiger partial charge on any atom is 0.412 e. The van der Waals surface area contributed by atoms with Gasteiger partial charge in [-0.3, -0.25) is 10.1 Å². The quantitative estimate of drug-likeness (QED) is 0.903. The third-order valence-corrected chi connectivity index (χ3v) is 2.12. The molecule has 1 aromatic rings. The van der Waals surface area contributed by atoms with Crippen LogP contribution in [0.1, 0.15) is 31.3 Å². The molecule has 20 heavy (non-hydrogen) atoms. The Bertz CT molecular complexity index is 524. The summed E-state index contributed by atoms with van der Waals surface area (Å²) in [6.07, 6.45) is 0.0783. The number of carbonyl (C=O) groups excluding carboxylic acids is 2. The molecular weight excluding hydrogens is 265 g/mol. The maximum atomic E-state index is 13.6. The van der Waals surface area contributed by atoms with E-state index >= 15 is 0 Å². The van der Waals surface area contributed by atoms with E-state index in [1.807, 2.05) is 0 Å². The van der Waals surface area contributed by atoms with Crippen LogP contribution in [-0.2, 0) is 4.74 Å². The highest BCUT2D eigenvalue weighted by molar-refractivity contribution is 5.94. The number of halogens is 1. The molecule has 0 atom stereocenters. The van der Waals surface area contributed by atoms with Gasteiger partial charge in [0.1, 0.15) is 11.3 Å². The van der Waals surface area contributed by atoms with Gasteiger partial charge in [-0.25, -0.2) is 14.2 Å². The molecule has 1 rings (SSSR count). The molecule has 2 amide bonds. The molecule has 0 unspecified atom stereocenters. The summed E-state index contributed by atoms with van der Waals surface area (Å²) in [7, 11) is 3.10. The van der Waals surface area contributed by atoms with Crippen LogP contribution in [0.3, 0.4) is 0 Å². The number of anilines is 1. The van der Waals surface area contributed by atoms with E-state index in [9.17, 15) is 14.0 Å². The van der Waals surface area contributed by atoms with Crippen molar-refractivity contribution in [3.8, 4) is 0 Å². The van der Waals surface area contributed by atoms with Crippen molar-refractivity contribution in [1.82, 2.24) is 9.88 Å². The van der Waals surface area contributed by atoms with Gasteiger partial charge in [0.2, 0.25) is 0 Å². The van der Waals surface area contributed by atoms with Crippen LogP contribution in [0.25, 0.3) is 0 Å². The van der Waals surface area contributed by atoms with E-state index in [4.69, 9.17) is 4.74 Å². The maximum absolute atomic E-state index is 13.6. The summed E-state index contributed by atoms with van der Waals surface area (Å²) >= 11 is 0. The van der Waals surface area contributed by atoms with Gasteiger partial charge in [0.05, 0.1) is 11.9 Å². The van der Waals surface area contributed by atoms with Crippen LogP contribution in [-0.4, -0.2) is 41.6 Å². The highest BCUT2D eigenvalue weighted by atomic mass is 19.1. The van der Waals surface area contributed by atoms with E-state index in [0.29, 0.717) is 0 Å². The summed E-state index contributed by atoms with van der Waals surface area (Å²) in [5.41, 5.74) is -0.822. The second kappa shape index (κ2) is 5.85. The number of carbonyl (C=O) groups is 2. The lowest BCUT2D eigenvalue weighted by Gasteiger charge is -2.20. The lowest BCUT2D eigenvalue weighted by molar-refractivity contribution is 0.0634. The van der Waals surface area contributed by atoms with E-state index in [-0.39, 0.29) is 11.4 Å². The Morgan fingerprint density at radius 3 is 2.45 bits per heavy atom. The van der Waals surface area contributed by atoms with Crippen molar-refractivity contribution in [3.05, 3.63) is 23.8 Å². The van der Waals surface area contributed by atoms with Gasteiger partial charge in [0.15, 0.2) is 5.82 Å². The van der Waals surface area contributed by atoms with Crippen LogP contribution < -0.4 is 5.32 Å². The first-order chi connectivity index (χ1) is 9.10. The van der Waals surface area contributed by atoms with Gasteiger partial charge < -0.3 is 9.64 Å². The first kappa shape index (κ1) is 15.9. The van der Waals surface area contributed by atoms with Crippen LogP contribution in [0.4, 0.5) is 14.9 Å². The molecule has 1 heterocycles. The highest BCUT2D eigenvalue weighted by Crippen LogP contribution is 2.16. The van der Waals surface area contributed by atoms with Crippen LogP contribution in [0.15, 0.2) is 12.3 Å². The van der Waals surface area contributed by atoms with Crippen LogP contribution in [0, 0.1) is 5.82 Å². The summed E-state index contributed by atoms with van der Waals surface area (Å²) < 4.78 is 18.6. The average molecular weight is 283 g/mol. The molecule has 0 fully saturated rings. The highest BCUT2D eigenvalue weighted by Gasteiger charge is 2.19. The minimum Gasteiger partial charge on any atom is -0.444 e. The minimum absolute atomic E-state index is 0.0301. The second-order valence-electron chi connectivity index (χ2n) is 5.38. The van der Waals surface area contributed by atoms with Gasteiger partial charge in [-0.15, -0.1) is 0 Å². The van der Waals surface area contributed by atoms with Crippen molar-refractivity contribution in [2.45, 2.75) is 26.4 Å². The number of nitrogens with one attached hydrogen (secondary N) is 1. The van der Waals surface area contributed by atoms with Crippen molar-refractivity contribution < 1.29 is 18.7 Å². The number of nitrogens with zero attached hydrogens (tertiary/aromatic N) is 2. The zero-order valence-corrected chi connectivity index (χ0v) is 12.2. The predicted octanol–water partition coefficient (Wildman–Crippen LogP) is 2.27. The Kier molecular flexibility index (Phi) is 4.65. The lowest BCUT2D eigenvalue weighted by atomic mass is 10.2. The molecule has 6 nitrogen and oxygen atoms in total. The normalized spacial score (nSPS) is 10.9. The molecule has 0 aliphatic rings. The van der Waals surface area contributed by atoms with Gasteiger partial charge in [0.25, 0.3) is 5.91 Å². The average Bonchev–Trinajstić information content (AvgIpc) is 2.28. The molecule has 7 heteroatoms. The Hall–Kier alpha value is -2.18. The van der Waals surface area contributed by atoms with E-state index in [2.05, 4.69) is 10.3 Å². The SMILES string of the molecule is CN(C)C(=O)c1cc(NC(=O)OC(C)(C)C)c(F)cn1. The standard InChI is InChI=1S/C13H18FN3O3/c1-13(2,3)20-12(19)16-9-6-10(11(18)17(4)5)15-7-8(9)14/h6-7H,1-5H3,(H,15,16,19). The van der Waals surface area contributed by atoms with Gasteiger partial charge in [-0.2, -0.15) is 0 Å². The molecular formula is C13H18FN3O3. The minimum atomic E-state index is -0.800. The lowest BCUT2D eigenvalue weighted by Crippen LogP contribution is -2.28. The Balaban J connectivity index is 2.93.